The average Bonchev–Trinajstić information content (AvgIpc) is 2.82. The van der Waals surface area contributed by atoms with Gasteiger partial charge in [0.15, 0.2) is 0 Å². The third-order valence-corrected chi connectivity index (χ3v) is 5.50. The predicted molar refractivity (Wildman–Crippen MR) is 146 cm³/mol. The van der Waals surface area contributed by atoms with Gasteiger partial charge in [-0.15, -0.1) is 0 Å². The Balaban J connectivity index is 2.95. The number of carbonyl (C=O) groups is 5. The van der Waals surface area contributed by atoms with Crippen LogP contribution < -0.4 is 21.7 Å². The second-order valence-electron chi connectivity index (χ2n) is 11.2. The van der Waals surface area contributed by atoms with E-state index >= 15 is 0 Å². The molecule has 11 nitrogen and oxygen atoms in total. The van der Waals surface area contributed by atoms with Crippen LogP contribution in [-0.2, 0) is 35.3 Å². The highest BCUT2D eigenvalue weighted by Crippen LogP contribution is 2.11. The highest BCUT2D eigenvalue weighted by atomic mass is 16.6. The molecule has 4 amide bonds. The standard InChI is InChI=1S/C28H44N4O7/c1-17(2)15-21(24(29)34)30-26(36)23(18(3)4)32-25(35)20(31-27(37)39-28(5,6)7)13-14-22(33)38-16-19-11-9-8-10-12-19/h8-12,17-18,20-21,23H,13-16H2,1-7H3,(H2,29,34)(H,30,36)(H,31,37)(H,32,35)/t20-,21-,23+/m0/s1. The van der Waals surface area contributed by atoms with Crippen molar-refractivity contribution in [2.24, 2.45) is 17.6 Å². The number of hydrogen-bond acceptors (Lipinski definition) is 7. The van der Waals surface area contributed by atoms with Gasteiger partial charge in [0, 0.05) is 6.42 Å². The first-order valence-electron chi connectivity index (χ1n) is 13.2. The molecule has 1 aromatic carbocycles. The summed E-state index contributed by atoms with van der Waals surface area (Å²) < 4.78 is 10.5. The van der Waals surface area contributed by atoms with Crippen molar-refractivity contribution in [3.63, 3.8) is 0 Å². The number of hydrogen-bond donors (Lipinski definition) is 4. The van der Waals surface area contributed by atoms with Crippen LogP contribution in [0.25, 0.3) is 0 Å². The minimum absolute atomic E-state index is 0.0725. The van der Waals surface area contributed by atoms with Gasteiger partial charge in [0.05, 0.1) is 0 Å². The van der Waals surface area contributed by atoms with Crippen LogP contribution in [0.1, 0.15) is 73.3 Å². The summed E-state index contributed by atoms with van der Waals surface area (Å²) in [6, 6.07) is 6.00. The predicted octanol–water partition coefficient (Wildman–Crippen LogP) is 2.56. The summed E-state index contributed by atoms with van der Waals surface area (Å²) in [5.41, 5.74) is 5.44. The van der Waals surface area contributed by atoms with Gasteiger partial charge in [-0.2, -0.15) is 0 Å². The summed E-state index contributed by atoms with van der Waals surface area (Å²) in [6.07, 6.45) is -0.773. The number of rotatable bonds is 14. The second kappa shape index (κ2) is 15.7. The van der Waals surface area contributed by atoms with Crippen molar-refractivity contribution in [2.45, 2.75) is 98.1 Å². The molecule has 1 rings (SSSR count). The number of nitrogens with one attached hydrogen (secondary N) is 3. The fraction of sp³-hybridized carbons (Fsp3) is 0.607. The minimum Gasteiger partial charge on any atom is -0.461 e. The molecule has 1 aromatic rings. The second-order valence-corrected chi connectivity index (χ2v) is 11.2. The van der Waals surface area contributed by atoms with Gasteiger partial charge in [0.2, 0.25) is 17.7 Å². The first-order valence-corrected chi connectivity index (χ1v) is 13.2. The Morgan fingerprint density at radius 2 is 1.49 bits per heavy atom. The molecule has 0 heterocycles. The average molecular weight is 549 g/mol. The van der Waals surface area contributed by atoms with Gasteiger partial charge in [0.25, 0.3) is 0 Å². The molecular formula is C28H44N4O7. The van der Waals surface area contributed by atoms with Crippen molar-refractivity contribution in [2.75, 3.05) is 0 Å². The van der Waals surface area contributed by atoms with E-state index in [1.54, 1.807) is 34.6 Å². The zero-order valence-corrected chi connectivity index (χ0v) is 24.0. The van der Waals surface area contributed by atoms with E-state index in [9.17, 15) is 24.0 Å². The number of carbonyl (C=O) groups excluding carboxylic acids is 5. The molecule has 0 aliphatic carbocycles. The quantitative estimate of drug-likeness (QED) is 0.259. The van der Waals surface area contributed by atoms with Gasteiger partial charge in [-0.1, -0.05) is 58.0 Å². The maximum absolute atomic E-state index is 13.2. The molecule has 39 heavy (non-hydrogen) atoms. The summed E-state index contributed by atoms with van der Waals surface area (Å²) in [5.74, 6) is -2.77. The van der Waals surface area contributed by atoms with Gasteiger partial charge in [-0.3, -0.25) is 19.2 Å². The van der Waals surface area contributed by atoms with Crippen molar-refractivity contribution < 1.29 is 33.4 Å². The lowest BCUT2D eigenvalue weighted by molar-refractivity contribution is -0.145. The Morgan fingerprint density at radius 1 is 0.872 bits per heavy atom. The Bertz CT molecular complexity index is 974. The Labute approximate surface area is 230 Å². The minimum atomic E-state index is -1.19. The van der Waals surface area contributed by atoms with E-state index in [2.05, 4.69) is 16.0 Å². The summed E-state index contributed by atoms with van der Waals surface area (Å²) in [7, 11) is 0. The molecule has 3 atom stereocenters. The number of nitrogens with two attached hydrogens (primary N) is 1. The number of alkyl carbamates (subject to hydrolysis) is 1. The van der Waals surface area contributed by atoms with E-state index in [1.165, 1.54) is 0 Å². The van der Waals surface area contributed by atoms with Gasteiger partial charge in [-0.25, -0.2) is 4.79 Å². The topological polar surface area (TPSA) is 166 Å². The fourth-order valence-corrected chi connectivity index (χ4v) is 3.56. The molecule has 0 fully saturated rings. The summed E-state index contributed by atoms with van der Waals surface area (Å²) in [6.45, 7) is 12.3. The molecule has 218 valence electrons. The van der Waals surface area contributed by atoms with E-state index in [0.717, 1.165) is 5.56 Å². The zero-order chi connectivity index (χ0) is 29.8. The number of amides is 4. The lowest BCUT2D eigenvalue weighted by Gasteiger charge is -2.28. The first-order chi connectivity index (χ1) is 18.1. The monoisotopic (exact) mass is 548 g/mol. The van der Waals surface area contributed by atoms with Crippen LogP contribution in [0.2, 0.25) is 0 Å². The van der Waals surface area contributed by atoms with Gasteiger partial charge in [-0.05, 0) is 51.0 Å². The molecule has 0 unspecified atom stereocenters. The highest BCUT2D eigenvalue weighted by Gasteiger charge is 2.32. The lowest BCUT2D eigenvalue weighted by Crippen LogP contribution is -2.58. The third-order valence-electron chi connectivity index (χ3n) is 5.50. The molecule has 0 aromatic heterocycles. The smallest absolute Gasteiger partial charge is 0.408 e. The largest absolute Gasteiger partial charge is 0.461 e. The van der Waals surface area contributed by atoms with E-state index in [0.29, 0.717) is 6.42 Å². The zero-order valence-electron chi connectivity index (χ0n) is 24.0. The van der Waals surface area contributed by atoms with Crippen LogP contribution in [-0.4, -0.2) is 53.5 Å². The summed E-state index contributed by atoms with van der Waals surface area (Å²) >= 11 is 0. The molecule has 0 aliphatic heterocycles. The Hall–Kier alpha value is -3.63. The summed E-state index contributed by atoms with van der Waals surface area (Å²) in [4.78, 5) is 62.9. The summed E-state index contributed by atoms with van der Waals surface area (Å²) in [5, 5.41) is 7.74. The molecule has 11 heteroatoms. The Kier molecular flexibility index (Phi) is 13.4. The SMILES string of the molecule is CC(C)C[C@H](NC(=O)[C@H](NC(=O)[C@H](CCC(=O)OCc1ccccc1)NC(=O)OC(C)(C)C)C(C)C)C(N)=O. The van der Waals surface area contributed by atoms with E-state index < -0.39 is 53.5 Å². The molecule has 0 saturated heterocycles. The molecule has 5 N–H and O–H groups in total. The molecular weight excluding hydrogens is 504 g/mol. The maximum Gasteiger partial charge on any atom is 0.408 e. The van der Waals surface area contributed by atoms with E-state index in [1.807, 2.05) is 44.2 Å². The van der Waals surface area contributed by atoms with Crippen LogP contribution in [0, 0.1) is 11.8 Å². The van der Waals surface area contributed by atoms with Crippen molar-refractivity contribution in [1.29, 1.82) is 0 Å². The normalized spacial score (nSPS) is 13.7. The highest BCUT2D eigenvalue weighted by molar-refractivity contribution is 5.93. The van der Waals surface area contributed by atoms with E-state index in [-0.39, 0.29) is 31.3 Å². The van der Waals surface area contributed by atoms with Gasteiger partial charge in [0.1, 0.15) is 30.3 Å². The molecule has 0 aliphatic rings. The van der Waals surface area contributed by atoms with Gasteiger partial charge < -0.3 is 31.2 Å². The van der Waals surface area contributed by atoms with Crippen molar-refractivity contribution in [3.8, 4) is 0 Å². The van der Waals surface area contributed by atoms with Crippen LogP contribution in [0.15, 0.2) is 30.3 Å². The molecule has 0 radical (unpaired) electrons. The molecule has 0 spiro atoms. The Morgan fingerprint density at radius 3 is 2.00 bits per heavy atom. The van der Waals surface area contributed by atoms with Crippen molar-refractivity contribution in [3.05, 3.63) is 35.9 Å². The fourth-order valence-electron chi connectivity index (χ4n) is 3.56. The van der Waals surface area contributed by atoms with Crippen molar-refractivity contribution >= 4 is 29.8 Å². The molecule has 0 bridgehead atoms. The van der Waals surface area contributed by atoms with Gasteiger partial charge >= 0.3 is 12.1 Å². The van der Waals surface area contributed by atoms with E-state index in [4.69, 9.17) is 15.2 Å². The van der Waals surface area contributed by atoms with Crippen LogP contribution in [0.3, 0.4) is 0 Å². The number of primary amides is 1. The maximum atomic E-state index is 13.2. The van der Waals surface area contributed by atoms with Crippen LogP contribution in [0.4, 0.5) is 4.79 Å². The number of esters is 1. The number of benzene rings is 1. The number of ether oxygens (including phenoxy) is 2. The molecule has 0 saturated carbocycles. The lowest BCUT2D eigenvalue weighted by atomic mass is 9.99. The van der Waals surface area contributed by atoms with Crippen molar-refractivity contribution in [1.82, 2.24) is 16.0 Å². The van der Waals surface area contributed by atoms with Crippen LogP contribution in [0.5, 0.6) is 0 Å². The first kappa shape index (κ1) is 33.4. The third kappa shape index (κ3) is 13.6. The van der Waals surface area contributed by atoms with Crippen LogP contribution >= 0.6 is 0 Å².